The van der Waals surface area contributed by atoms with E-state index < -0.39 is 10.0 Å². The number of fused-ring (bicyclic) bond motifs is 1. The van der Waals surface area contributed by atoms with E-state index in [9.17, 15) is 8.42 Å². The molecule has 2 aromatic carbocycles. The van der Waals surface area contributed by atoms with Gasteiger partial charge in [-0.15, -0.1) is 0 Å². The molecule has 3 aromatic rings. The topological polar surface area (TPSA) is 74.8 Å². The Morgan fingerprint density at radius 1 is 1.19 bits per heavy atom. The lowest BCUT2D eigenvalue weighted by Gasteiger charge is -2.07. The van der Waals surface area contributed by atoms with Crippen LogP contribution in [-0.2, 0) is 10.0 Å². The molecule has 7 heteroatoms. The molecule has 21 heavy (non-hydrogen) atoms. The maximum Gasteiger partial charge on any atom is 0.264 e. The van der Waals surface area contributed by atoms with E-state index in [1.807, 2.05) is 31.2 Å². The van der Waals surface area contributed by atoms with Crippen LogP contribution >= 0.6 is 15.9 Å². The van der Waals surface area contributed by atoms with Crippen molar-refractivity contribution in [1.82, 2.24) is 9.97 Å². The number of hydrogen-bond acceptors (Lipinski definition) is 3. The number of sulfonamides is 1. The summed E-state index contributed by atoms with van der Waals surface area (Å²) in [5, 5.41) is 0. The van der Waals surface area contributed by atoms with E-state index in [1.54, 1.807) is 18.2 Å². The number of aromatic amines is 1. The van der Waals surface area contributed by atoms with Crippen molar-refractivity contribution in [2.45, 2.75) is 11.8 Å². The standard InChI is InChI=1S/C14H12BrN3O2S/c1-9-8-10(6-7-11(9)15)21(19,20)18-14-16-12-4-2-3-5-13(12)17-14/h2-8H,1H3,(H2,16,17,18). The van der Waals surface area contributed by atoms with Crippen molar-refractivity contribution >= 4 is 42.9 Å². The number of imidazole rings is 1. The summed E-state index contributed by atoms with van der Waals surface area (Å²) in [6.45, 7) is 1.84. The molecule has 0 aliphatic heterocycles. The average molecular weight is 366 g/mol. The zero-order valence-corrected chi connectivity index (χ0v) is 13.5. The van der Waals surface area contributed by atoms with Crippen LogP contribution in [0.5, 0.6) is 0 Å². The highest BCUT2D eigenvalue weighted by Crippen LogP contribution is 2.22. The monoisotopic (exact) mass is 365 g/mol. The maximum atomic E-state index is 12.4. The molecule has 0 unspecified atom stereocenters. The minimum atomic E-state index is -3.66. The first-order valence-corrected chi connectivity index (χ1v) is 8.47. The molecule has 5 nitrogen and oxygen atoms in total. The second-order valence-electron chi connectivity index (χ2n) is 4.62. The van der Waals surface area contributed by atoms with Gasteiger partial charge in [0.1, 0.15) is 0 Å². The van der Waals surface area contributed by atoms with Gasteiger partial charge < -0.3 is 4.98 Å². The maximum absolute atomic E-state index is 12.4. The smallest absolute Gasteiger partial charge is 0.264 e. The van der Waals surface area contributed by atoms with Gasteiger partial charge in [-0.25, -0.2) is 18.1 Å². The lowest BCUT2D eigenvalue weighted by molar-refractivity contribution is 0.601. The summed E-state index contributed by atoms with van der Waals surface area (Å²) < 4.78 is 28.0. The number of nitrogens with one attached hydrogen (secondary N) is 2. The average Bonchev–Trinajstić information content (AvgIpc) is 2.82. The number of nitrogens with zero attached hydrogens (tertiary/aromatic N) is 1. The van der Waals surface area contributed by atoms with Crippen LogP contribution in [0.1, 0.15) is 5.56 Å². The van der Waals surface area contributed by atoms with Gasteiger partial charge in [0.15, 0.2) is 0 Å². The first-order valence-electron chi connectivity index (χ1n) is 6.19. The molecule has 0 saturated carbocycles. The summed E-state index contributed by atoms with van der Waals surface area (Å²) in [6, 6.07) is 12.2. The zero-order valence-electron chi connectivity index (χ0n) is 11.1. The van der Waals surface area contributed by atoms with Crippen LogP contribution in [0, 0.1) is 6.92 Å². The summed E-state index contributed by atoms with van der Waals surface area (Å²) >= 11 is 3.35. The largest absolute Gasteiger partial charge is 0.323 e. The second kappa shape index (κ2) is 5.16. The van der Waals surface area contributed by atoms with Gasteiger partial charge in [0.2, 0.25) is 5.95 Å². The molecule has 3 rings (SSSR count). The second-order valence-corrected chi connectivity index (χ2v) is 7.16. The Bertz CT molecular complexity index is 886. The van der Waals surface area contributed by atoms with Crippen molar-refractivity contribution in [3.63, 3.8) is 0 Å². The summed E-state index contributed by atoms with van der Waals surface area (Å²) in [7, 11) is -3.66. The molecule has 0 aliphatic carbocycles. The number of anilines is 1. The molecule has 0 bridgehead atoms. The zero-order chi connectivity index (χ0) is 15.0. The van der Waals surface area contributed by atoms with Gasteiger partial charge in [-0.2, -0.15) is 0 Å². The van der Waals surface area contributed by atoms with Gasteiger partial charge in [0.25, 0.3) is 10.0 Å². The van der Waals surface area contributed by atoms with E-state index in [-0.39, 0.29) is 10.8 Å². The molecule has 0 amide bonds. The quantitative estimate of drug-likeness (QED) is 0.746. The van der Waals surface area contributed by atoms with E-state index in [1.165, 1.54) is 0 Å². The van der Waals surface area contributed by atoms with Crippen molar-refractivity contribution in [2.75, 3.05) is 4.72 Å². The molecule has 0 atom stereocenters. The van der Waals surface area contributed by atoms with Crippen LogP contribution in [0.3, 0.4) is 0 Å². The number of H-pyrrole nitrogens is 1. The highest BCUT2D eigenvalue weighted by Gasteiger charge is 2.17. The number of halogens is 1. The Labute approximate surface area is 130 Å². The summed E-state index contributed by atoms with van der Waals surface area (Å²) in [6.07, 6.45) is 0. The minimum Gasteiger partial charge on any atom is -0.323 e. The van der Waals surface area contributed by atoms with Crippen molar-refractivity contribution in [2.24, 2.45) is 0 Å². The summed E-state index contributed by atoms with van der Waals surface area (Å²) in [5.74, 6) is 0.205. The molecule has 0 radical (unpaired) electrons. The molecule has 0 fully saturated rings. The van der Waals surface area contributed by atoms with Crippen LogP contribution in [0.25, 0.3) is 11.0 Å². The molecule has 2 N–H and O–H groups in total. The number of aromatic nitrogens is 2. The third kappa shape index (κ3) is 2.79. The molecule has 108 valence electrons. The van der Waals surface area contributed by atoms with Crippen LogP contribution in [-0.4, -0.2) is 18.4 Å². The number of rotatable bonds is 3. The first kappa shape index (κ1) is 14.1. The van der Waals surface area contributed by atoms with Crippen LogP contribution in [0.2, 0.25) is 0 Å². The number of benzene rings is 2. The van der Waals surface area contributed by atoms with E-state index >= 15 is 0 Å². The molecular formula is C14H12BrN3O2S. The predicted molar refractivity (Wildman–Crippen MR) is 85.8 cm³/mol. The third-order valence-electron chi connectivity index (χ3n) is 3.06. The first-order chi connectivity index (χ1) is 9.95. The number of hydrogen-bond donors (Lipinski definition) is 2. The van der Waals surface area contributed by atoms with Gasteiger partial charge in [-0.1, -0.05) is 28.1 Å². The highest BCUT2D eigenvalue weighted by molar-refractivity contribution is 9.10. The normalized spacial score (nSPS) is 11.7. The molecule has 1 aromatic heterocycles. The summed E-state index contributed by atoms with van der Waals surface area (Å²) in [4.78, 5) is 7.34. The van der Waals surface area contributed by atoms with Gasteiger partial charge in [-0.05, 0) is 42.8 Å². The SMILES string of the molecule is Cc1cc(S(=O)(=O)Nc2nc3ccccc3[nH]2)ccc1Br. The van der Waals surface area contributed by atoms with Gasteiger partial charge in [0.05, 0.1) is 15.9 Å². The highest BCUT2D eigenvalue weighted by atomic mass is 79.9. The van der Waals surface area contributed by atoms with Gasteiger partial charge in [-0.3, -0.25) is 0 Å². The minimum absolute atomic E-state index is 0.198. The van der Waals surface area contributed by atoms with Crippen molar-refractivity contribution < 1.29 is 8.42 Å². The molecule has 0 aliphatic rings. The molecule has 0 saturated heterocycles. The third-order valence-corrected chi connectivity index (χ3v) is 5.29. The number of para-hydroxylation sites is 2. The number of aryl methyl sites for hydroxylation is 1. The van der Waals surface area contributed by atoms with Crippen LogP contribution < -0.4 is 4.72 Å². The molecular weight excluding hydrogens is 354 g/mol. The van der Waals surface area contributed by atoms with E-state index in [2.05, 4.69) is 30.6 Å². The fourth-order valence-corrected chi connectivity index (χ4v) is 3.27. The van der Waals surface area contributed by atoms with Crippen molar-refractivity contribution in [1.29, 1.82) is 0 Å². The lowest BCUT2D eigenvalue weighted by atomic mass is 10.2. The summed E-state index contributed by atoms with van der Waals surface area (Å²) in [5.41, 5.74) is 2.34. The van der Waals surface area contributed by atoms with Gasteiger partial charge in [0, 0.05) is 4.47 Å². The van der Waals surface area contributed by atoms with Crippen LogP contribution in [0.4, 0.5) is 5.95 Å². The fourth-order valence-electron chi connectivity index (χ4n) is 1.97. The van der Waals surface area contributed by atoms with Crippen molar-refractivity contribution in [3.8, 4) is 0 Å². The lowest BCUT2D eigenvalue weighted by Crippen LogP contribution is -2.14. The fraction of sp³-hybridized carbons (Fsp3) is 0.0714. The van der Waals surface area contributed by atoms with E-state index in [0.29, 0.717) is 5.52 Å². The van der Waals surface area contributed by atoms with E-state index in [4.69, 9.17) is 0 Å². The Kier molecular flexibility index (Phi) is 3.46. The molecule has 1 heterocycles. The Hall–Kier alpha value is -1.86. The van der Waals surface area contributed by atoms with Crippen LogP contribution in [0.15, 0.2) is 51.8 Å². The van der Waals surface area contributed by atoms with Gasteiger partial charge >= 0.3 is 0 Å². The Morgan fingerprint density at radius 3 is 2.67 bits per heavy atom. The molecule has 0 spiro atoms. The van der Waals surface area contributed by atoms with E-state index in [0.717, 1.165) is 15.6 Å². The predicted octanol–water partition coefficient (Wildman–Crippen LogP) is 3.43. The Balaban J connectivity index is 1.96. The Morgan fingerprint density at radius 2 is 1.95 bits per heavy atom. The van der Waals surface area contributed by atoms with Crippen molar-refractivity contribution in [3.05, 3.63) is 52.5 Å².